The van der Waals surface area contributed by atoms with Crippen LogP contribution in [0, 0.1) is 0 Å². The van der Waals surface area contributed by atoms with Gasteiger partial charge in [0.15, 0.2) is 12.4 Å². The molecule has 0 spiro atoms. The zero-order valence-corrected chi connectivity index (χ0v) is 36.5. The van der Waals surface area contributed by atoms with Gasteiger partial charge < -0.3 is 34.3 Å². The van der Waals surface area contributed by atoms with Crippen LogP contribution in [-0.4, -0.2) is 96.0 Å². The molecule has 1 heterocycles. The van der Waals surface area contributed by atoms with Crippen molar-refractivity contribution in [2.24, 2.45) is 0 Å². The maximum absolute atomic E-state index is 12.8. The topological polar surface area (TPSA) is 186 Å². The maximum atomic E-state index is 12.8. The Hall–Kier alpha value is -2.39. The molecule has 1 aliphatic rings. The summed E-state index contributed by atoms with van der Waals surface area (Å²) in [6.07, 6.45) is 31.5. The van der Waals surface area contributed by atoms with Gasteiger partial charge in [-0.1, -0.05) is 133 Å². The van der Waals surface area contributed by atoms with Crippen LogP contribution in [0.15, 0.2) is 48.6 Å². The second kappa shape index (κ2) is 35.4. The average molecular weight is 843 g/mol. The number of unbranched alkanes of at least 4 members (excludes halogenated alkanes) is 16. The highest BCUT2D eigenvalue weighted by molar-refractivity contribution is 7.85. The third kappa shape index (κ3) is 29.8. The first-order valence-electron chi connectivity index (χ1n) is 22.2. The van der Waals surface area contributed by atoms with Crippen molar-refractivity contribution in [3.8, 4) is 0 Å². The Morgan fingerprint density at radius 2 is 1.05 bits per heavy atom. The fourth-order valence-corrected chi connectivity index (χ4v) is 7.06. The van der Waals surface area contributed by atoms with E-state index in [-0.39, 0.29) is 19.4 Å². The Kier molecular flexibility index (Phi) is 32.7. The number of carbonyl (C=O) groups excluding carboxylic acids is 2. The lowest BCUT2D eigenvalue weighted by Gasteiger charge is -2.40. The van der Waals surface area contributed by atoms with Gasteiger partial charge in [-0.2, -0.15) is 8.42 Å². The van der Waals surface area contributed by atoms with Gasteiger partial charge in [0.05, 0.1) is 6.61 Å². The second-order valence-electron chi connectivity index (χ2n) is 15.4. The SMILES string of the molecule is CCCC/C=C\C/C=C\CCCCCCCC(=O)OCC(COC1OC(CS(=O)(=O)O)C(O)C(O)C1O)OC(=O)CCCCCCC/C=C\C/C=C\CCCCCC. The number of hydrogen-bond donors (Lipinski definition) is 4. The molecule has 0 aromatic rings. The second-order valence-corrected chi connectivity index (χ2v) is 16.9. The summed E-state index contributed by atoms with van der Waals surface area (Å²) >= 11 is 0. The van der Waals surface area contributed by atoms with Gasteiger partial charge in [0, 0.05) is 12.8 Å². The van der Waals surface area contributed by atoms with Gasteiger partial charge in [-0.15, -0.1) is 0 Å². The van der Waals surface area contributed by atoms with Gasteiger partial charge >= 0.3 is 11.9 Å². The fraction of sp³-hybridized carbons (Fsp3) is 0.778. The molecule has 1 rings (SSSR count). The molecule has 1 aliphatic heterocycles. The molecular weight excluding hydrogens is 765 g/mol. The van der Waals surface area contributed by atoms with Crippen LogP contribution < -0.4 is 0 Å². The normalized spacial score (nSPS) is 20.8. The van der Waals surface area contributed by atoms with E-state index in [4.69, 9.17) is 18.9 Å². The van der Waals surface area contributed by atoms with Crippen LogP contribution in [0.4, 0.5) is 0 Å². The van der Waals surface area contributed by atoms with Crippen LogP contribution in [0.1, 0.15) is 168 Å². The quantitative estimate of drug-likeness (QED) is 0.0204. The van der Waals surface area contributed by atoms with E-state index in [1.807, 2.05) is 0 Å². The molecule has 1 saturated heterocycles. The Labute approximate surface area is 350 Å². The summed E-state index contributed by atoms with van der Waals surface area (Å²) in [6.45, 7) is 3.67. The minimum atomic E-state index is -4.61. The minimum Gasteiger partial charge on any atom is -0.462 e. The minimum absolute atomic E-state index is 0.144. The Morgan fingerprint density at radius 3 is 1.57 bits per heavy atom. The molecule has 58 heavy (non-hydrogen) atoms. The molecule has 0 amide bonds. The van der Waals surface area contributed by atoms with Crippen LogP contribution in [-0.2, 0) is 38.7 Å². The zero-order valence-electron chi connectivity index (χ0n) is 35.6. The van der Waals surface area contributed by atoms with Gasteiger partial charge in [0.25, 0.3) is 10.1 Å². The van der Waals surface area contributed by atoms with Crippen LogP contribution in [0.5, 0.6) is 0 Å². The molecule has 6 unspecified atom stereocenters. The Balaban J connectivity index is 2.49. The Bertz CT molecular complexity index is 1260. The first kappa shape index (κ1) is 53.6. The van der Waals surface area contributed by atoms with Crippen LogP contribution in [0.25, 0.3) is 0 Å². The average Bonchev–Trinajstić information content (AvgIpc) is 3.18. The highest BCUT2D eigenvalue weighted by Gasteiger charge is 2.46. The molecule has 6 atom stereocenters. The predicted octanol–water partition coefficient (Wildman–Crippen LogP) is 8.78. The van der Waals surface area contributed by atoms with Gasteiger partial charge in [-0.25, -0.2) is 0 Å². The fourth-order valence-electron chi connectivity index (χ4n) is 6.37. The monoisotopic (exact) mass is 843 g/mol. The van der Waals surface area contributed by atoms with E-state index in [0.717, 1.165) is 89.9 Å². The van der Waals surface area contributed by atoms with Gasteiger partial charge in [0.1, 0.15) is 36.8 Å². The summed E-state index contributed by atoms with van der Waals surface area (Å²) in [6, 6.07) is 0. The van der Waals surface area contributed by atoms with Crippen molar-refractivity contribution in [2.75, 3.05) is 19.0 Å². The molecule has 336 valence electrons. The largest absolute Gasteiger partial charge is 0.462 e. The number of aliphatic hydroxyl groups is 3. The van der Waals surface area contributed by atoms with E-state index in [0.29, 0.717) is 12.8 Å². The zero-order chi connectivity index (χ0) is 42.7. The van der Waals surface area contributed by atoms with Crippen LogP contribution in [0.3, 0.4) is 0 Å². The summed E-state index contributed by atoms with van der Waals surface area (Å²) < 4.78 is 54.0. The molecule has 4 N–H and O–H groups in total. The Morgan fingerprint density at radius 1 is 0.586 bits per heavy atom. The summed E-state index contributed by atoms with van der Waals surface area (Å²) in [5.74, 6) is -2.02. The number of allylic oxidation sites excluding steroid dienone is 8. The van der Waals surface area contributed by atoms with Crippen molar-refractivity contribution < 1.29 is 56.8 Å². The number of carbonyl (C=O) groups is 2. The van der Waals surface area contributed by atoms with E-state index in [1.54, 1.807) is 0 Å². The van der Waals surface area contributed by atoms with Crippen molar-refractivity contribution in [3.05, 3.63) is 48.6 Å². The molecule has 0 aromatic heterocycles. The maximum Gasteiger partial charge on any atom is 0.306 e. The van der Waals surface area contributed by atoms with Crippen LogP contribution >= 0.6 is 0 Å². The molecule has 1 fully saturated rings. The number of rotatable bonds is 36. The molecule has 0 aromatic carbocycles. The number of hydrogen-bond acceptors (Lipinski definition) is 11. The number of esters is 2. The van der Waals surface area contributed by atoms with E-state index in [1.165, 1.54) is 38.5 Å². The van der Waals surface area contributed by atoms with E-state index in [9.17, 15) is 37.9 Å². The molecule has 13 heteroatoms. The third-order valence-electron chi connectivity index (χ3n) is 9.88. The number of ether oxygens (including phenoxy) is 4. The predicted molar refractivity (Wildman–Crippen MR) is 229 cm³/mol. The van der Waals surface area contributed by atoms with E-state index < -0.39 is 71.2 Å². The van der Waals surface area contributed by atoms with Crippen molar-refractivity contribution >= 4 is 22.1 Å². The van der Waals surface area contributed by atoms with E-state index in [2.05, 4.69) is 62.5 Å². The van der Waals surface area contributed by atoms with Crippen LogP contribution in [0.2, 0.25) is 0 Å². The first-order valence-corrected chi connectivity index (χ1v) is 23.8. The lowest BCUT2D eigenvalue weighted by molar-refractivity contribution is -0.297. The highest BCUT2D eigenvalue weighted by atomic mass is 32.2. The molecule has 0 saturated carbocycles. The lowest BCUT2D eigenvalue weighted by atomic mass is 10.00. The molecule has 0 radical (unpaired) electrons. The van der Waals surface area contributed by atoms with Gasteiger partial charge in [-0.05, 0) is 70.6 Å². The smallest absolute Gasteiger partial charge is 0.306 e. The molecule has 0 bridgehead atoms. The van der Waals surface area contributed by atoms with Gasteiger partial charge in [-0.3, -0.25) is 14.1 Å². The summed E-state index contributed by atoms with van der Waals surface area (Å²) in [7, 11) is -4.61. The number of aliphatic hydroxyl groups excluding tert-OH is 3. The molecular formula is C45H78O12S. The highest BCUT2D eigenvalue weighted by Crippen LogP contribution is 2.24. The standard InChI is InChI=1S/C45H78O12S/c1-3-5-7-9-11-13-15-17-19-20-22-24-26-28-30-32-34-41(47)56-38(36-55-45-44(50)43(49)42(48)39(57-45)37-58(51,52)53)35-54-40(46)33-31-29-27-25-23-21-18-16-14-12-10-8-6-4-2/h10,12-13,15-16,18-20,38-39,42-45,48-50H,3-9,11,14,17,21-37H2,1-2H3,(H,51,52,53)/b12-10-,15-13-,18-16-,20-19-. The van der Waals surface area contributed by atoms with E-state index >= 15 is 0 Å². The molecule has 0 aliphatic carbocycles. The first-order chi connectivity index (χ1) is 28.0. The van der Waals surface area contributed by atoms with Crippen molar-refractivity contribution in [3.63, 3.8) is 0 Å². The molecule has 12 nitrogen and oxygen atoms in total. The third-order valence-corrected chi connectivity index (χ3v) is 10.6. The summed E-state index contributed by atoms with van der Waals surface area (Å²) in [5, 5.41) is 30.9. The van der Waals surface area contributed by atoms with Crippen molar-refractivity contribution in [1.29, 1.82) is 0 Å². The van der Waals surface area contributed by atoms with Crippen molar-refractivity contribution in [2.45, 2.75) is 205 Å². The lowest BCUT2D eigenvalue weighted by Crippen LogP contribution is -2.60. The summed E-state index contributed by atoms with van der Waals surface area (Å²) in [4.78, 5) is 25.4. The van der Waals surface area contributed by atoms with Crippen molar-refractivity contribution in [1.82, 2.24) is 0 Å². The van der Waals surface area contributed by atoms with Gasteiger partial charge in [0.2, 0.25) is 0 Å². The summed E-state index contributed by atoms with van der Waals surface area (Å²) in [5.41, 5.74) is 0.